The highest BCUT2D eigenvalue weighted by Crippen LogP contribution is 2.32. The van der Waals surface area contributed by atoms with Gasteiger partial charge in [-0.05, 0) is 73.2 Å². The normalized spacial score (nSPS) is 18.0. The summed E-state index contributed by atoms with van der Waals surface area (Å²) < 4.78 is 68.6. The second kappa shape index (κ2) is 12.5. The molecular formula is C30H31F3N2O6S. The number of rotatable bonds is 10. The van der Waals surface area contributed by atoms with Gasteiger partial charge in [0.25, 0.3) is 5.91 Å². The number of halogens is 3. The van der Waals surface area contributed by atoms with Crippen molar-refractivity contribution in [3.63, 3.8) is 0 Å². The van der Waals surface area contributed by atoms with E-state index < -0.39 is 52.3 Å². The molecule has 0 spiro atoms. The number of carbonyl (C=O) groups excluding carboxylic acids is 2. The van der Waals surface area contributed by atoms with E-state index in [1.165, 1.54) is 31.2 Å². The van der Waals surface area contributed by atoms with E-state index >= 15 is 0 Å². The number of Topliss-reactive ketones (excluding diaryl/α,β-unsaturated/α-hetero) is 1. The number of nitrogens with zero attached hydrogens (tertiary/aromatic N) is 1. The van der Waals surface area contributed by atoms with Crippen LogP contribution < -0.4 is 15.0 Å². The molecule has 3 aromatic rings. The van der Waals surface area contributed by atoms with Crippen molar-refractivity contribution in [2.75, 3.05) is 23.8 Å². The van der Waals surface area contributed by atoms with Crippen LogP contribution in [0.2, 0.25) is 0 Å². The van der Waals surface area contributed by atoms with Gasteiger partial charge in [-0.1, -0.05) is 19.1 Å². The standard InChI is InChI=1S/C30H31F3N2O6S/c1-3-42(39,40)26-14-6-20(7-15-26)27(18-36)34-29(38)21-4-10-23(11-5-21)35-17-25(16-28(35)19(2)37)41-24-12-8-22(9-13-24)30(31,32)33/h4-15,25,27-28,36H,3,16-18H2,1-2H3,(H,34,38)/t25-,27+,28+/m1/s1. The van der Waals surface area contributed by atoms with Crippen LogP contribution in [0.25, 0.3) is 0 Å². The summed E-state index contributed by atoms with van der Waals surface area (Å²) in [5.41, 5.74) is 0.729. The Labute approximate surface area is 242 Å². The van der Waals surface area contributed by atoms with E-state index in [0.717, 1.165) is 12.1 Å². The van der Waals surface area contributed by atoms with Crippen molar-refractivity contribution in [2.24, 2.45) is 0 Å². The van der Waals surface area contributed by atoms with E-state index in [-0.39, 0.29) is 22.2 Å². The zero-order valence-electron chi connectivity index (χ0n) is 23.0. The number of alkyl halides is 3. The molecule has 1 fully saturated rings. The molecule has 3 atom stereocenters. The predicted molar refractivity (Wildman–Crippen MR) is 150 cm³/mol. The molecule has 1 aliphatic heterocycles. The maximum Gasteiger partial charge on any atom is 0.416 e. The van der Waals surface area contributed by atoms with Crippen molar-refractivity contribution in [1.29, 1.82) is 0 Å². The van der Waals surface area contributed by atoms with Crippen molar-refractivity contribution >= 4 is 27.2 Å². The molecule has 0 aliphatic carbocycles. The first-order valence-corrected chi connectivity index (χ1v) is 14.9. The summed E-state index contributed by atoms with van der Waals surface area (Å²) in [5, 5.41) is 12.6. The number of aliphatic hydroxyl groups excluding tert-OH is 1. The molecule has 0 unspecified atom stereocenters. The van der Waals surface area contributed by atoms with E-state index in [1.807, 2.05) is 4.90 Å². The lowest BCUT2D eigenvalue weighted by molar-refractivity contribution is -0.137. The minimum absolute atomic E-state index is 0.0417. The summed E-state index contributed by atoms with van der Waals surface area (Å²) in [5.74, 6) is -0.332. The summed E-state index contributed by atoms with van der Waals surface area (Å²) in [7, 11) is -3.38. The van der Waals surface area contributed by atoms with Gasteiger partial charge in [-0.3, -0.25) is 9.59 Å². The fourth-order valence-electron chi connectivity index (χ4n) is 4.82. The fraction of sp³-hybridized carbons (Fsp3) is 0.333. The first-order chi connectivity index (χ1) is 19.8. The highest BCUT2D eigenvalue weighted by molar-refractivity contribution is 7.91. The third-order valence-electron chi connectivity index (χ3n) is 7.19. The third kappa shape index (κ3) is 7.11. The van der Waals surface area contributed by atoms with Crippen molar-refractivity contribution < 1.29 is 41.0 Å². The smallest absolute Gasteiger partial charge is 0.416 e. The van der Waals surface area contributed by atoms with Gasteiger partial charge >= 0.3 is 6.18 Å². The molecular weight excluding hydrogens is 573 g/mol. The summed E-state index contributed by atoms with van der Waals surface area (Å²) in [4.78, 5) is 27.3. The molecule has 1 heterocycles. The van der Waals surface area contributed by atoms with Crippen molar-refractivity contribution in [3.8, 4) is 5.75 Å². The van der Waals surface area contributed by atoms with Crippen LogP contribution >= 0.6 is 0 Å². The van der Waals surface area contributed by atoms with E-state index in [0.29, 0.717) is 29.8 Å². The average molecular weight is 605 g/mol. The number of anilines is 1. The molecule has 0 aromatic heterocycles. The number of ether oxygens (including phenoxy) is 1. The summed E-state index contributed by atoms with van der Waals surface area (Å²) in [6.07, 6.45) is -4.55. The minimum Gasteiger partial charge on any atom is -0.488 e. The number of carbonyl (C=O) groups is 2. The lowest BCUT2D eigenvalue weighted by atomic mass is 10.1. The summed E-state index contributed by atoms with van der Waals surface area (Å²) >= 11 is 0. The van der Waals surface area contributed by atoms with Crippen LogP contribution in [0.3, 0.4) is 0 Å². The topological polar surface area (TPSA) is 113 Å². The number of nitrogens with one attached hydrogen (secondary N) is 1. The minimum atomic E-state index is -4.45. The second-order valence-electron chi connectivity index (χ2n) is 10.0. The molecule has 0 radical (unpaired) electrons. The largest absolute Gasteiger partial charge is 0.488 e. The molecule has 4 rings (SSSR count). The molecule has 8 nitrogen and oxygen atoms in total. The van der Waals surface area contributed by atoms with Crippen molar-refractivity contribution in [2.45, 2.75) is 49.5 Å². The Bertz CT molecular complexity index is 1510. The lowest BCUT2D eigenvalue weighted by Gasteiger charge is -2.25. The monoisotopic (exact) mass is 604 g/mol. The number of benzene rings is 3. The van der Waals surface area contributed by atoms with Crippen LogP contribution in [-0.2, 0) is 20.8 Å². The number of ketones is 1. The molecule has 42 heavy (non-hydrogen) atoms. The fourth-order valence-corrected chi connectivity index (χ4v) is 5.71. The zero-order valence-corrected chi connectivity index (χ0v) is 23.8. The Morgan fingerprint density at radius 2 is 1.64 bits per heavy atom. The van der Waals surface area contributed by atoms with Gasteiger partial charge in [0.1, 0.15) is 11.9 Å². The van der Waals surface area contributed by atoms with Crippen LogP contribution in [-0.4, -0.2) is 56.3 Å². The van der Waals surface area contributed by atoms with E-state index in [9.17, 15) is 36.3 Å². The van der Waals surface area contributed by atoms with Gasteiger partial charge in [0.05, 0.1) is 41.4 Å². The van der Waals surface area contributed by atoms with Gasteiger partial charge in [0.2, 0.25) is 0 Å². The Morgan fingerprint density at radius 3 is 2.17 bits per heavy atom. The highest BCUT2D eigenvalue weighted by Gasteiger charge is 2.37. The second-order valence-corrected chi connectivity index (χ2v) is 12.3. The van der Waals surface area contributed by atoms with Crippen LogP contribution in [0.4, 0.5) is 18.9 Å². The molecule has 0 bridgehead atoms. The summed E-state index contributed by atoms with van der Waals surface area (Å²) in [6, 6.07) is 15.6. The Morgan fingerprint density at radius 1 is 1.02 bits per heavy atom. The quantitative estimate of drug-likeness (QED) is 0.349. The van der Waals surface area contributed by atoms with Gasteiger partial charge in [-0.25, -0.2) is 8.42 Å². The first-order valence-electron chi connectivity index (χ1n) is 13.3. The maximum absolute atomic E-state index is 12.9. The van der Waals surface area contributed by atoms with Crippen molar-refractivity contribution in [1.82, 2.24) is 5.32 Å². The highest BCUT2D eigenvalue weighted by atomic mass is 32.2. The van der Waals surface area contributed by atoms with Gasteiger partial charge in [-0.2, -0.15) is 13.2 Å². The molecule has 224 valence electrons. The lowest BCUT2D eigenvalue weighted by Crippen LogP contribution is -2.35. The van der Waals surface area contributed by atoms with Crippen molar-refractivity contribution in [3.05, 3.63) is 89.5 Å². The van der Waals surface area contributed by atoms with Gasteiger partial charge in [0.15, 0.2) is 15.6 Å². The molecule has 2 N–H and O–H groups in total. The maximum atomic E-state index is 12.9. The van der Waals surface area contributed by atoms with E-state index in [4.69, 9.17) is 4.74 Å². The van der Waals surface area contributed by atoms with Gasteiger partial charge < -0.3 is 20.1 Å². The Hall–Kier alpha value is -3.90. The van der Waals surface area contributed by atoms with E-state index in [1.54, 1.807) is 43.3 Å². The first kappa shape index (κ1) is 31.0. The molecule has 1 aliphatic rings. The molecule has 0 saturated carbocycles. The van der Waals surface area contributed by atoms with E-state index in [2.05, 4.69) is 5.32 Å². The molecule has 1 amide bonds. The SMILES string of the molecule is CCS(=O)(=O)c1ccc([C@H](CO)NC(=O)c2ccc(N3C[C@H](Oc4ccc(C(F)(F)F)cc4)C[C@H]3C(C)=O)cc2)cc1. The van der Waals surface area contributed by atoms with Crippen LogP contribution in [0.15, 0.2) is 77.7 Å². The van der Waals surface area contributed by atoms with Crippen LogP contribution in [0, 0.1) is 0 Å². The number of hydrogen-bond donors (Lipinski definition) is 2. The predicted octanol–water partition coefficient (Wildman–Crippen LogP) is 4.58. The van der Waals surface area contributed by atoms with Gasteiger partial charge in [0, 0.05) is 17.7 Å². The molecule has 3 aromatic carbocycles. The number of hydrogen-bond acceptors (Lipinski definition) is 7. The van der Waals surface area contributed by atoms with Crippen LogP contribution in [0.5, 0.6) is 5.75 Å². The summed E-state index contributed by atoms with van der Waals surface area (Å²) in [6.45, 7) is 2.91. The number of sulfone groups is 1. The zero-order chi connectivity index (χ0) is 30.7. The molecule has 12 heteroatoms. The number of amides is 1. The average Bonchev–Trinajstić information content (AvgIpc) is 3.40. The molecule has 1 saturated heterocycles. The Balaban J connectivity index is 1.42. The Kier molecular flexibility index (Phi) is 9.27. The number of aliphatic hydroxyl groups is 1. The third-order valence-corrected chi connectivity index (χ3v) is 8.94. The van der Waals surface area contributed by atoms with Crippen LogP contribution in [0.1, 0.15) is 47.8 Å². The van der Waals surface area contributed by atoms with Gasteiger partial charge in [-0.15, -0.1) is 0 Å².